The van der Waals surface area contributed by atoms with E-state index in [1.54, 1.807) is 0 Å². The maximum absolute atomic E-state index is 12.1. The van der Waals surface area contributed by atoms with Crippen molar-refractivity contribution in [3.63, 3.8) is 0 Å². The molecule has 3 fully saturated rings. The smallest absolute Gasteiger partial charge is 0.312 e. The third-order valence-electron chi connectivity index (χ3n) is 4.26. The van der Waals surface area contributed by atoms with Gasteiger partial charge in [0.25, 0.3) is 0 Å². The molecule has 5 heteroatoms. The van der Waals surface area contributed by atoms with Crippen LogP contribution in [0.25, 0.3) is 0 Å². The van der Waals surface area contributed by atoms with Gasteiger partial charge in [-0.25, -0.2) is 0 Å². The number of piperidine rings is 1. The van der Waals surface area contributed by atoms with E-state index in [0.717, 1.165) is 6.42 Å². The lowest BCUT2D eigenvalue weighted by Gasteiger charge is -2.57. The predicted octanol–water partition coefficient (Wildman–Crippen LogP) is 1.17. The molecule has 5 unspecified atom stereocenters. The molecule has 0 aromatic carbocycles. The molecule has 5 atom stereocenters. The third-order valence-corrected chi connectivity index (χ3v) is 4.26. The molecule has 0 saturated carbocycles. The summed E-state index contributed by atoms with van der Waals surface area (Å²) >= 11 is 0. The number of nitrogens with zero attached hydrogens (tertiary/aromatic N) is 1. The van der Waals surface area contributed by atoms with Gasteiger partial charge in [-0.15, -0.1) is 0 Å². The van der Waals surface area contributed by atoms with Crippen LogP contribution in [0.3, 0.4) is 0 Å². The van der Waals surface area contributed by atoms with Crippen molar-refractivity contribution in [3.05, 3.63) is 0 Å². The first-order valence-corrected chi connectivity index (χ1v) is 6.95. The highest BCUT2D eigenvalue weighted by molar-refractivity contribution is 5.79. The van der Waals surface area contributed by atoms with Gasteiger partial charge in [0.2, 0.25) is 0 Å². The molecule has 0 spiro atoms. The molecule has 0 amide bonds. The zero-order valence-corrected chi connectivity index (χ0v) is 11.9. The van der Waals surface area contributed by atoms with Crippen LogP contribution in [0.2, 0.25) is 0 Å². The van der Waals surface area contributed by atoms with Gasteiger partial charge in [0.15, 0.2) is 12.3 Å². The van der Waals surface area contributed by atoms with Crippen LogP contribution in [0.1, 0.15) is 34.1 Å². The number of ether oxygens (including phenoxy) is 2. The van der Waals surface area contributed by atoms with Crippen molar-refractivity contribution in [1.29, 1.82) is 0 Å². The third kappa shape index (κ3) is 1.95. The Bertz CT molecular complexity index is 428. The minimum atomic E-state index is -0.345. The van der Waals surface area contributed by atoms with E-state index >= 15 is 0 Å². The molecule has 0 N–H and O–H groups in total. The second kappa shape index (κ2) is 3.95. The average molecular weight is 267 g/mol. The summed E-state index contributed by atoms with van der Waals surface area (Å²) in [6, 6.07) is 0.170. The highest BCUT2D eigenvalue weighted by Gasteiger charge is 2.70. The lowest BCUT2D eigenvalue weighted by molar-refractivity contribution is -0.251. The molecular weight excluding hydrogens is 246 g/mol. The van der Waals surface area contributed by atoms with Gasteiger partial charge in [0, 0.05) is 6.54 Å². The molecule has 5 nitrogen and oxygen atoms in total. The van der Waals surface area contributed by atoms with Crippen molar-refractivity contribution < 1.29 is 19.1 Å². The summed E-state index contributed by atoms with van der Waals surface area (Å²) in [4.78, 5) is 25.5. The largest absolute Gasteiger partial charge is 0.455 e. The summed E-state index contributed by atoms with van der Waals surface area (Å²) in [5.41, 5.74) is 0.0995. The quantitative estimate of drug-likeness (QED) is 0.718. The van der Waals surface area contributed by atoms with E-state index in [2.05, 4.69) is 20.8 Å². The Morgan fingerprint density at radius 2 is 2.21 bits per heavy atom. The van der Waals surface area contributed by atoms with Gasteiger partial charge in [-0.1, -0.05) is 27.7 Å². The molecule has 19 heavy (non-hydrogen) atoms. The Morgan fingerprint density at radius 3 is 2.84 bits per heavy atom. The molecule has 3 aliphatic heterocycles. The lowest BCUT2D eigenvalue weighted by Crippen LogP contribution is -2.76. The van der Waals surface area contributed by atoms with E-state index in [0.29, 0.717) is 6.54 Å². The molecule has 3 aliphatic rings. The van der Waals surface area contributed by atoms with Crippen LogP contribution in [0.4, 0.5) is 0 Å². The van der Waals surface area contributed by atoms with Crippen molar-refractivity contribution in [2.45, 2.75) is 52.5 Å². The molecule has 0 bridgehead atoms. The van der Waals surface area contributed by atoms with Gasteiger partial charge < -0.3 is 9.47 Å². The fourth-order valence-electron chi connectivity index (χ4n) is 3.43. The van der Waals surface area contributed by atoms with Gasteiger partial charge in [-0.2, -0.15) is 0 Å². The first-order chi connectivity index (χ1) is 8.78. The highest BCUT2D eigenvalue weighted by atomic mass is 16.6. The second-order valence-electron chi connectivity index (χ2n) is 7.19. The van der Waals surface area contributed by atoms with Crippen molar-refractivity contribution in [3.8, 4) is 0 Å². The monoisotopic (exact) mass is 267 g/mol. The maximum atomic E-state index is 12.1. The standard InChI is InChI=1S/C14H21NO4/c1-7(5-14(2,3)4)12(16)19-11-10-9-8(6-15(9)11)13(17)18-10/h7-11H,5-6H2,1-4H3. The number of hydrogen-bond donors (Lipinski definition) is 0. The van der Waals surface area contributed by atoms with Crippen LogP contribution in [-0.4, -0.2) is 41.8 Å². The summed E-state index contributed by atoms with van der Waals surface area (Å²) in [5, 5.41) is 0. The molecule has 0 aromatic rings. The molecule has 0 aromatic heterocycles. The Morgan fingerprint density at radius 1 is 1.53 bits per heavy atom. The summed E-state index contributed by atoms with van der Waals surface area (Å²) in [5.74, 6) is -0.433. The van der Waals surface area contributed by atoms with Gasteiger partial charge in [-0.3, -0.25) is 14.5 Å². The zero-order valence-electron chi connectivity index (χ0n) is 11.9. The van der Waals surface area contributed by atoms with Crippen LogP contribution in [0, 0.1) is 17.3 Å². The normalized spacial score (nSPS) is 37.8. The van der Waals surface area contributed by atoms with E-state index in [1.807, 2.05) is 11.8 Å². The van der Waals surface area contributed by atoms with Crippen LogP contribution in [-0.2, 0) is 19.1 Å². The average Bonchev–Trinajstić information content (AvgIpc) is 2.35. The second-order valence-corrected chi connectivity index (χ2v) is 7.19. The Labute approximate surface area is 113 Å². The maximum Gasteiger partial charge on any atom is 0.312 e. The molecule has 0 aliphatic carbocycles. The fraction of sp³-hybridized carbons (Fsp3) is 0.857. The lowest BCUT2D eigenvalue weighted by atomic mass is 9.78. The summed E-state index contributed by atoms with van der Waals surface area (Å²) in [7, 11) is 0. The SMILES string of the molecule is CC(CC(C)(C)C)C(=O)OC1C2OC(=O)C3CN1C32. The number of esters is 2. The molecule has 3 heterocycles. The Hall–Kier alpha value is -1.10. The first kappa shape index (κ1) is 12.9. The predicted molar refractivity (Wildman–Crippen MR) is 67.0 cm³/mol. The summed E-state index contributed by atoms with van der Waals surface area (Å²) in [6.07, 6.45) is 0.217. The molecule has 3 rings (SSSR count). The number of carbonyl (C=O) groups is 2. The zero-order chi connectivity index (χ0) is 13.9. The van der Waals surface area contributed by atoms with Crippen LogP contribution in [0.15, 0.2) is 0 Å². The van der Waals surface area contributed by atoms with E-state index in [-0.39, 0.29) is 47.6 Å². The molecule has 3 saturated heterocycles. The van der Waals surface area contributed by atoms with E-state index in [4.69, 9.17) is 9.47 Å². The van der Waals surface area contributed by atoms with E-state index < -0.39 is 0 Å². The van der Waals surface area contributed by atoms with Crippen LogP contribution in [0.5, 0.6) is 0 Å². The van der Waals surface area contributed by atoms with Crippen LogP contribution < -0.4 is 0 Å². The van der Waals surface area contributed by atoms with Crippen molar-refractivity contribution in [1.82, 2.24) is 4.90 Å². The Kier molecular flexibility index (Phi) is 2.68. The molecule has 0 radical (unpaired) electrons. The first-order valence-electron chi connectivity index (χ1n) is 6.95. The topological polar surface area (TPSA) is 55.8 Å². The van der Waals surface area contributed by atoms with Gasteiger partial charge in [-0.05, 0) is 11.8 Å². The van der Waals surface area contributed by atoms with E-state index in [9.17, 15) is 9.59 Å². The van der Waals surface area contributed by atoms with Crippen molar-refractivity contribution in [2.75, 3.05) is 6.54 Å². The Balaban J connectivity index is 1.55. The number of hydrogen-bond acceptors (Lipinski definition) is 5. The van der Waals surface area contributed by atoms with E-state index in [1.165, 1.54) is 0 Å². The van der Waals surface area contributed by atoms with Gasteiger partial charge in [0.05, 0.1) is 17.9 Å². The van der Waals surface area contributed by atoms with Gasteiger partial charge >= 0.3 is 11.9 Å². The minimum Gasteiger partial charge on any atom is -0.455 e. The van der Waals surface area contributed by atoms with Crippen LogP contribution >= 0.6 is 0 Å². The molecule has 106 valence electrons. The number of carbonyl (C=O) groups excluding carboxylic acids is 2. The van der Waals surface area contributed by atoms with Crippen molar-refractivity contribution >= 4 is 11.9 Å². The summed E-state index contributed by atoms with van der Waals surface area (Å²) < 4.78 is 10.8. The minimum absolute atomic E-state index is 0.0203. The number of rotatable bonds is 3. The molecular formula is C14H21NO4. The van der Waals surface area contributed by atoms with Gasteiger partial charge in [0.1, 0.15) is 0 Å². The van der Waals surface area contributed by atoms with Crippen molar-refractivity contribution in [2.24, 2.45) is 17.3 Å². The summed E-state index contributed by atoms with van der Waals surface area (Å²) in [6.45, 7) is 8.88. The fourth-order valence-corrected chi connectivity index (χ4v) is 3.43. The highest BCUT2D eigenvalue weighted by Crippen LogP contribution is 2.49.